The van der Waals surface area contributed by atoms with Gasteiger partial charge >= 0.3 is 0 Å². The SMILES string of the molecule is C=CCN1CCCN(C(=O)c2ccn(COc3ccc(Br)cc3)n2)CC1. The second-order valence-electron chi connectivity index (χ2n) is 6.20. The van der Waals surface area contributed by atoms with Crippen molar-refractivity contribution in [2.75, 3.05) is 32.7 Å². The summed E-state index contributed by atoms with van der Waals surface area (Å²) in [6, 6.07) is 9.35. The van der Waals surface area contributed by atoms with Gasteiger partial charge in [0.15, 0.2) is 12.4 Å². The zero-order valence-electron chi connectivity index (χ0n) is 14.7. The molecule has 0 aliphatic carbocycles. The van der Waals surface area contributed by atoms with Gasteiger partial charge in [0.25, 0.3) is 5.91 Å². The summed E-state index contributed by atoms with van der Waals surface area (Å²) in [5.41, 5.74) is 0.460. The van der Waals surface area contributed by atoms with Crippen LogP contribution in [0, 0.1) is 0 Å². The highest BCUT2D eigenvalue weighted by Crippen LogP contribution is 2.16. The lowest BCUT2D eigenvalue weighted by atomic mass is 10.3. The van der Waals surface area contributed by atoms with Crippen molar-refractivity contribution in [3.63, 3.8) is 0 Å². The summed E-state index contributed by atoms with van der Waals surface area (Å²) in [5, 5.41) is 4.37. The predicted molar refractivity (Wildman–Crippen MR) is 104 cm³/mol. The summed E-state index contributed by atoms with van der Waals surface area (Å²) in [6.45, 7) is 8.25. The molecule has 1 saturated heterocycles. The van der Waals surface area contributed by atoms with Gasteiger partial charge in [-0.1, -0.05) is 22.0 Å². The van der Waals surface area contributed by atoms with Crippen LogP contribution in [0.25, 0.3) is 0 Å². The number of carbonyl (C=O) groups excluding carboxylic acids is 1. The van der Waals surface area contributed by atoms with Gasteiger partial charge in [-0.05, 0) is 36.8 Å². The van der Waals surface area contributed by atoms with Gasteiger partial charge < -0.3 is 9.64 Å². The molecule has 1 amide bonds. The Hall–Kier alpha value is -2.12. The maximum atomic E-state index is 12.7. The number of hydrogen-bond acceptors (Lipinski definition) is 4. The maximum Gasteiger partial charge on any atom is 0.274 e. The molecule has 1 aliphatic heterocycles. The molecule has 0 saturated carbocycles. The number of carbonyl (C=O) groups is 1. The number of rotatable bonds is 6. The van der Waals surface area contributed by atoms with Crippen molar-refractivity contribution in [3.8, 4) is 5.75 Å². The molecule has 0 bridgehead atoms. The third-order valence-corrected chi connectivity index (χ3v) is 4.83. The number of ether oxygens (including phenoxy) is 1. The van der Waals surface area contributed by atoms with E-state index in [1.165, 1.54) is 0 Å². The van der Waals surface area contributed by atoms with E-state index in [9.17, 15) is 4.79 Å². The van der Waals surface area contributed by atoms with E-state index in [-0.39, 0.29) is 12.6 Å². The molecule has 7 heteroatoms. The van der Waals surface area contributed by atoms with Gasteiger partial charge in [-0.15, -0.1) is 6.58 Å². The van der Waals surface area contributed by atoms with E-state index in [4.69, 9.17) is 4.74 Å². The van der Waals surface area contributed by atoms with E-state index in [2.05, 4.69) is 32.5 Å². The molecule has 0 radical (unpaired) electrons. The van der Waals surface area contributed by atoms with Gasteiger partial charge in [0.05, 0.1) is 0 Å². The molecule has 1 aromatic heterocycles. The zero-order chi connectivity index (χ0) is 18.4. The third-order valence-electron chi connectivity index (χ3n) is 4.30. The maximum absolute atomic E-state index is 12.7. The van der Waals surface area contributed by atoms with E-state index < -0.39 is 0 Å². The lowest BCUT2D eigenvalue weighted by Gasteiger charge is -2.20. The van der Waals surface area contributed by atoms with Crippen molar-refractivity contribution in [1.29, 1.82) is 0 Å². The van der Waals surface area contributed by atoms with Gasteiger partial charge in [0, 0.05) is 43.4 Å². The molecular formula is C19H23BrN4O2. The topological polar surface area (TPSA) is 50.6 Å². The Labute approximate surface area is 162 Å². The fourth-order valence-corrected chi connectivity index (χ4v) is 3.18. The highest BCUT2D eigenvalue weighted by atomic mass is 79.9. The quantitative estimate of drug-likeness (QED) is 0.676. The first kappa shape index (κ1) is 18.7. The Balaban J connectivity index is 1.55. The molecule has 0 N–H and O–H groups in total. The number of benzene rings is 1. The number of aromatic nitrogens is 2. The van der Waals surface area contributed by atoms with Gasteiger partial charge in [-0.2, -0.15) is 5.10 Å². The Kier molecular flexibility index (Phi) is 6.46. The molecule has 26 heavy (non-hydrogen) atoms. The Morgan fingerprint density at radius 2 is 2.00 bits per heavy atom. The molecule has 138 valence electrons. The van der Waals surface area contributed by atoms with Crippen LogP contribution in [-0.2, 0) is 6.73 Å². The normalized spacial score (nSPS) is 15.5. The fourth-order valence-electron chi connectivity index (χ4n) is 2.92. The van der Waals surface area contributed by atoms with Gasteiger partial charge in [0.2, 0.25) is 0 Å². The Morgan fingerprint density at radius 1 is 1.19 bits per heavy atom. The summed E-state index contributed by atoms with van der Waals surface area (Å²) in [7, 11) is 0. The molecule has 1 aliphatic rings. The fraction of sp³-hybridized carbons (Fsp3) is 0.368. The molecule has 3 rings (SSSR count). The second kappa shape index (κ2) is 9.00. The van der Waals surface area contributed by atoms with Crippen LogP contribution in [0.5, 0.6) is 5.75 Å². The van der Waals surface area contributed by atoms with Crippen molar-refractivity contribution in [1.82, 2.24) is 19.6 Å². The zero-order valence-corrected chi connectivity index (χ0v) is 16.3. The lowest BCUT2D eigenvalue weighted by Crippen LogP contribution is -2.35. The van der Waals surface area contributed by atoms with Crippen LogP contribution in [0.1, 0.15) is 16.9 Å². The molecule has 6 nitrogen and oxygen atoms in total. The number of nitrogens with zero attached hydrogens (tertiary/aromatic N) is 4. The molecular weight excluding hydrogens is 396 g/mol. The average molecular weight is 419 g/mol. The number of halogens is 1. The predicted octanol–water partition coefficient (Wildman–Crippen LogP) is 3.02. The van der Waals surface area contributed by atoms with Crippen molar-refractivity contribution in [2.24, 2.45) is 0 Å². The first-order valence-electron chi connectivity index (χ1n) is 8.70. The highest BCUT2D eigenvalue weighted by molar-refractivity contribution is 9.10. The molecule has 1 aromatic carbocycles. The molecule has 0 unspecified atom stereocenters. The average Bonchev–Trinajstić information content (AvgIpc) is 3.00. The van der Waals surface area contributed by atoms with Crippen LogP contribution < -0.4 is 4.74 Å². The minimum Gasteiger partial charge on any atom is -0.471 e. The van der Waals surface area contributed by atoms with Crippen molar-refractivity contribution in [3.05, 3.63) is 59.4 Å². The van der Waals surface area contributed by atoms with Crippen LogP contribution in [0.2, 0.25) is 0 Å². The molecule has 0 spiro atoms. The van der Waals surface area contributed by atoms with Crippen molar-refractivity contribution >= 4 is 21.8 Å². The molecule has 1 fully saturated rings. The third kappa shape index (κ3) is 4.95. The van der Waals surface area contributed by atoms with E-state index in [0.29, 0.717) is 5.69 Å². The number of amides is 1. The van der Waals surface area contributed by atoms with Crippen molar-refractivity contribution in [2.45, 2.75) is 13.2 Å². The van der Waals surface area contributed by atoms with Crippen LogP contribution >= 0.6 is 15.9 Å². The van der Waals surface area contributed by atoms with E-state index in [1.807, 2.05) is 35.2 Å². The molecule has 2 heterocycles. The van der Waals surface area contributed by atoms with Crippen molar-refractivity contribution < 1.29 is 9.53 Å². The van der Waals surface area contributed by atoms with Gasteiger partial charge in [-0.3, -0.25) is 9.69 Å². The van der Waals surface area contributed by atoms with E-state index in [1.54, 1.807) is 16.9 Å². The van der Waals surface area contributed by atoms with Gasteiger partial charge in [-0.25, -0.2) is 4.68 Å². The van der Waals surface area contributed by atoms with E-state index >= 15 is 0 Å². The monoisotopic (exact) mass is 418 g/mol. The smallest absolute Gasteiger partial charge is 0.274 e. The van der Waals surface area contributed by atoms with Crippen LogP contribution in [-0.4, -0.2) is 58.2 Å². The molecule has 2 aromatic rings. The van der Waals surface area contributed by atoms with Crippen LogP contribution in [0.4, 0.5) is 0 Å². The van der Waals surface area contributed by atoms with Crippen LogP contribution in [0.3, 0.4) is 0 Å². The Morgan fingerprint density at radius 3 is 2.77 bits per heavy atom. The summed E-state index contributed by atoms with van der Waals surface area (Å²) in [6.07, 6.45) is 4.64. The largest absolute Gasteiger partial charge is 0.471 e. The minimum absolute atomic E-state index is 0.0205. The number of hydrogen-bond donors (Lipinski definition) is 0. The lowest BCUT2D eigenvalue weighted by molar-refractivity contribution is 0.0754. The Bertz CT molecular complexity index is 744. The summed E-state index contributed by atoms with van der Waals surface area (Å²) in [4.78, 5) is 16.9. The second-order valence-corrected chi connectivity index (χ2v) is 7.12. The van der Waals surface area contributed by atoms with Gasteiger partial charge in [0.1, 0.15) is 5.75 Å². The van der Waals surface area contributed by atoms with E-state index in [0.717, 1.165) is 49.4 Å². The van der Waals surface area contributed by atoms with Crippen LogP contribution in [0.15, 0.2) is 53.7 Å². The summed E-state index contributed by atoms with van der Waals surface area (Å²) >= 11 is 3.39. The minimum atomic E-state index is -0.0205. The standard InChI is InChI=1S/C19H23BrN4O2/c1-2-9-22-10-3-11-23(14-13-22)19(25)18-8-12-24(21-18)15-26-17-6-4-16(20)5-7-17/h2,4-8,12H,1,3,9-11,13-15H2. The highest BCUT2D eigenvalue weighted by Gasteiger charge is 2.21. The summed E-state index contributed by atoms with van der Waals surface area (Å²) in [5.74, 6) is 0.735. The first-order valence-corrected chi connectivity index (χ1v) is 9.49. The first-order chi connectivity index (χ1) is 12.7. The summed E-state index contributed by atoms with van der Waals surface area (Å²) < 4.78 is 8.32. The molecule has 0 atom stereocenters.